The molecule has 2 heterocycles. The molecule has 2 rings (SSSR count). The Morgan fingerprint density at radius 2 is 2.19 bits per heavy atom. The molecule has 0 aliphatic carbocycles. The molecule has 7 nitrogen and oxygen atoms in total. The first-order chi connectivity index (χ1) is 10.2. The van der Waals surface area contributed by atoms with Gasteiger partial charge in [0.05, 0.1) is 19.4 Å². The topological polar surface area (TPSA) is 96.9 Å². The van der Waals surface area contributed by atoms with E-state index in [0.717, 1.165) is 0 Å². The van der Waals surface area contributed by atoms with E-state index in [2.05, 4.69) is 10.6 Å². The second-order valence-electron chi connectivity index (χ2n) is 4.32. The van der Waals surface area contributed by atoms with Crippen LogP contribution in [0.1, 0.15) is 11.9 Å². The predicted molar refractivity (Wildman–Crippen MR) is 74.6 cm³/mol. The summed E-state index contributed by atoms with van der Waals surface area (Å²) >= 11 is 0. The van der Waals surface area contributed by atoms with Crippen LogP contribution in [-0.4, -0.2) is 37.9 Å². The molecular weight excluding hydrogens is 276 g/mol. The maximum Gasteiger partial charge on any atom is 0.314 e. The normalized spacial score (nSPS) is 12.1. The van der Waals surface area contributed by atoms with E-state index < -0.39 is 6.10 Å². The summed E-state index contributed by atoms with van der Waals surface area (Å²) in [5, 5.41) is 15.1. The summed E-state index contributed by atoms with van der Waals surface area (Å²) in [6.45, 7) is 0.881. The van der Waals surface area contributed by atoms with Crippen molar-refractivity contribution in [2.45, 2.75) is 6.10 Å². The van der Waals surface area contributed by atoms with Crippen LogP contribution in [0.5, 0.6) is 0 Å². The Morgan fingerprint density at radius 1 is 1.33 bits per heavy atom. The van der Waals surface area contributed by atoms with E-state index >= 15 is 0 Å². The van der Waals surface area contributed by atoms with Crippen LogP contribution >= 0.6 is 0 Å². The van der Waals surface area contributed by atoms with Gasteiger partial charge >= 0.3 is 6.03 Å². The van der Waals surface area contributed by atoms with Crippen LogP contribution in [0.15, 0.2) is 39.4 Å². The minimum absolute atomic E-state index is 0.0456. The average molecular weight is 294 g/mol. The molecule has 2 aromatic rings. The second kappa shape index (κ2) is 7.51. The highest BCUT2D eigenvalue weighted by atomic mass is 16.5. The number of carbonyl (C=O) groups excluding carboxylic acids is 1. The summed E-state index contributed by atoms with van der Waals surface area (Å²) in [5.74, 6) is 1.47. The van der Waals surface area contributed by atoms with Crippen LogP contribution < -0.4 is 10.6 Å². The van der Waals surface area contributed by atoms with Gasteiger partial charge in [-0.1, -0.05) is 0 Å². The average Bonchev–Trinajstić information content (AvgIpc) is 3.15. The number of carbonyl (C=O) groups is 1. The first-order valence-corrected chi connectivity index (χ1v) is 6.53. The van der Waals surface area contributed by atoms with Crippen molar-refractivity contribution < 1.29 is 23.5 Å². The molecule has 0 saturated carbocycles. The number of hydrogen-bond acceptors (Lipinski definition) is 5. The molecule has 0 spiro atoms. The number of rotatable bonds is 7. The zero-order chi connectivity index (χ0) is 15.1. The van der Waals surface area contributed by atoms with Crippen LogP contribution in [0.4, 0.5) is 4.79 Å². The summed E-state index contributed by atoms with van der Waals surface area (Å²) in [7, 11) is 1.55. The number of methoxy groups -OCH3 is 1. The van der Waals surface area contributed by atoms with Gasteiger partial charge in [-0.25, -0.2) is 4.79 Å². The Kier molecular flexibility index (Phi) is 5.42. The molecule has 114 valence electrons. The largest absolute Gasteiger partial charge is 0.461 e. The van der Waals surface area contributed by atoms with E-state index in [0.29, 0.717) is 30.4 Å². The number of nitrogens with one attached hydrogen (secondary N) is 2. The molecule has 0 fully saturated rings. The Balaban J connectivity index is 1.81. The SMILES string of the molecule is COCCNC(=O)NCC(O)c1ccc(-c2ccco2)o1. The summed E-state index contributed by atoms with van der Waals surface area (Å²) in [5.41, 5.74) is 0. The lowest BCUT2D eigenvalue weighted by molar-refractivity contribution is 0.148. The smallest absolute Gasteiger partial charge is 0.314 e. The van der Waals surface area contributed by atoms with Crippen molar-refractivity contribution in [3.63, 3.8) is 0 Å². The van der Waals surface area contributed by atoms with Gasteiger partial charge < -0.3 is 29.3 Å². The molecule has 21 heavy (non-hydrogen) atoms. The molecule has 3 N–H and O–H groups in total. The van der Waals surface area contributed by atoms with Crippen molar-refractivity contribution in [2.75, 3.05) is 26.8 Å². The van der Waals surface area contributed by atoms with Gasteiger partial charge in [0.2, 0.25) is 0 Å². The van der Waals surface area contributed by atoms with Gasteiger partial charge in [-0.3, -0.25) is 0 Å². The van der Waals surface area contributed by atoms with Gasteiger partial charge in [0.15, 0.2) is 11.5 Å². The lowest BCUT2D eigenvalue weighted by Crippen LogP contribution is -2.39. The molecule has 0 saturated heterocycles. The lowest BCUT2D eigenvalue weighted by atomic mass is 10.2. The van der Waals surface area contributed by atoms with E-state index in [1.54, 1.807) is 37.6 Å². The van der Waals surface area contributed by atoms with Crippen molar-refractivity contribution >= 4 is 6.03 Å². The number of aliphatic hydroxyl groups is 1. The van der Waals surface area contributed by atoms with Gasteiger partial charge in [-0.05, 0) is 24.3 Å². The standard InChI is InChI=1S/C14H18N2O5/c1-19-8-6-15-14(18)16-9-10(17)11-4-5-13(21-11)12-3-2-7-20-12/h2-5,7,10,17H,6,8-9H2,1H3,(H2,15,16,18). The number of amides is 2. The third kappa shape index (κ3) is 4.37. The van der Waals surface area contributed by atoms with Gasteiger partial charge in [0.1, 0.15) is 11.9 Å². The highest BCUT2D eigenvalue weighted by Gasteiger charge is 2.15. The Hall–Kier alpha value is -2.25. The third-order valence-electron chi connectivity index (χ3n) is 2.77. The maximum atomic E-state index is 11.4. The highest BCUT2D eigenvalue weighted by Crippen LogP contribution is 2.25. The molecule has 1 unspecified atom stereocenters. The number of urea groups is 1. The summed E-state index contributed by atoms with van der Waals surface area (Å²) < 4.78 is 15.5. The third-order valence-corrected chi connectivity index (χ3v) is 2.77. The molecular formula is C14H18N2O5. The quantitative estimate of drug-likeness (QED) is 0.673. The number of aliphatic hydroxyl groups excluding tert-OH is 1. The van der Waals surface area contributed by atoms with Gasteiger partial charge in [0, 0.05) is 13.7 Å². The van der Waals surface area contributed by atoms with E-state index in [4.69, 9.17) is 13.6 Å². The monoisotopic (exact) mass is 294 g/mol. The summed E-state index contributed by atoms with van der Waals surface area (Å²) in [6, 6.07) is 6.49. The Bertz CT molecular complexity index is 549. The van der Waals surface area contributed by atoms with Gasteiger partial charge in [0.25, 0.3) is 0 Å². The molecule has 0 aliphatic rings. The van der Waals surface area contributed by atoms with Crippen molar-refractivity contribution in [2.24, 2.45) is 0 Å². The first-order valence-electron chi connectivity index (χ1n) is 6.53. The minimum atomic E-state index is -0.929. The first kappa shape index (κ1) is 15.1. The predicted octanol–water partition coefficient (Wildman–Crippen LogP) is 1.52. The van der Waals surface area contributed by atoms with Crippen molar-refractivity contribution in [3.05, 3.63) is 36.3 Å². The molecule has 0 aromatic carbocycles. The Labute approximate surface area is 121 Å². The van der Waals surface area contributed by atoms with Crippen molar-refractivity contribution in [1.82, 2.24) is 10.6 Å². The molecule has 0 radical (unpaired) electrons. The van der Waals surface area contributed by atoms with Crippen molar-refractivity contribution in [3.8, 4) is 11.5 Å². The number of furan rings is 2. The molecule has 1 atom stereocenters. The van der Waals surface area contributed by atoms with Crippen LogP contribution in [0.2, 0.25) is 0 Å². The molecule has 0 aliphatic heterocycles. The van der Waals surface area contributed by atoms with E-state index in [1.807, 2.05) is 0 Å². The second-order valence-corrected chi connectivity index (χ2v) is 4.32. The fraction of sp³-hybridized carbons (Fsp3) is 0.357. The van der Waals surface area contributed by atoms with Crippen LogP contribution in [-0.2, 0) is 4.74 Å². The van der Waals surface area contributed by atoms with Gasteiger partial charge in [-0.15, -0.1) is 0 Å². The maximum absolute atomic E-state index is 11.4. The highest BCUT2D eigenvalue weighted by molar-refractivity contribution is 5.73. The Morgan fingerprint density at radius 3 is 2.90 bits per heavy atom. The van der Waals surface area contributed by atoms with Crippen LogP contribution in [0.25, 0.3) is 11.5 Å². The summed E-state index contributed by atoms with van der Waals surface area (Å²) in [6.07, 6.45) is 0.613. The zero-order valence-corrected chi connectivity index (χ0v) is 11.7. The molecule has 0 bridgehead atoms. The molecule has 7 heteroatoms. The van der Waals surface area contributed by atoms with Crippen molar-refractivity contribution in [1.29, 1.82) is 0 Å². The fourth-order valence-corrected chi connectivity index (χ4v) is 1.70. The van der Waals surface area contributed by atoms with E-state index in [1.165, 1.54) is 0 Å². The molecule has 2 aromatic heterocycles. The van der Waals surface area contributed by atoms with Gasteiger partial charge in [-0.2, -0.15) is 0 Å². The zero-order valence-electron chi connectivity index (χ0n) is 11.7. The van der Waals surface area contributed by atoms with E-state index in [9.17, 15) is 9.90 Å². The van der Waals surface area contributed by atoms with E-state index in [-0.39, 0.29) is 12.6 Å². The lowest BCUT2D eigenvalue weighted by Gasteiger charge is -2.10. The van der Waals surface area contributed by atoms with Crippen LogP contribution in [0, 0.1) is 0 Å². The summed E-state index contributed by atoms with van der Waals surface area (Å²) in [4.78, 5) is 11.4. The fourth-order valence-electron chi connectivity index (χ4n) is 1.70. The molecule has 2 amide bonds. The van der Waals surface area contributed by atoms with Crippen LogP contribution in [0.3, 0.4) is 0 Å². The number of hydrogen-bond donors (Lipinski definition) is 3. The minimum Gasteiger partial charge on any atom is -0.461 e. The number of ether oxygens (including phenoxy) is 1.